The summed E-state index contributed by atoms with van der Waals surface area (Å²) >= 11 is 0. The number of nitrogen functional groups attached to an aromatic ring is 1. The first kappa shape index (κ1) is 13.9. The van der Waals surface area contributed by atoms with Crippen LogP contribution in [-0.4, -0.2) is 12.5 Å². The molecule has 0 fully saturated rings. The van der Waals surface area contributed by atoms with E-state index < -0.39 is 0 Å². The second-order valence-corrected chi connectivity index (χ2v) is 4.59. The molecule has 0 spiro atoms. The van der Waals surface area contributed by atoms with Crippen LogP contribution in [0.2, 0.25) is 0 Å². The van der Waals surface area contributed by atoms with Gasteiger partial charge in [-0.2, -0.15) is 0 Å². The van der Waals surface area contributed by atoms with Crippen molar-refractivity contribution >= 4 is 11.6 Å². The number of ether oxygens (including phenoxy) is 1. The summed E-state index contributed by atoms with van der Waals surface area (Å²) in [5.74, 6) is 0.355. The van der Waals surface area contributed by atoms with Crippen molar-refractivity contribution in [3.63, 3.8) is 0 Å². The molecule has 0 bridgehead atoms. The average Bonchev–Trinajstić information content (AvgIpc) is 2.44. The van der Waals surface area contributed by atoms with E-state index in [2.05, 4.69) is 5.32 Å². The third kappa shape index (κ3) is 4.02. The molecule has 2 aromatic rings. The summed E-state index contributed by atoms with van der Waals surface area (Å²) in [5, 5.41) is 2.81. The first-order valence-corrected chi connectivity index (χ1v) is 6.44. The van der Waals surface area contributed by atoms with Gasteiger partial charge < -0.3 is 15.8 Å². The molecule has 0 unspecified atom stereocenters. The molecule has 0 atom stereocenters. The van der Waals surface area contributed by atoms with Crippen LogP contribution in [0.15, 0.2) is 48.5 Å². The Hall–Kier alpha value is -2.49. The third-order valence-electron chi connectivity index (χ3n) is 2.85. The highest BCUT2D eigenvalue weighted by Crippen LogP contribution is 2.19. The average molecular weight is 270 g/mol. The number of rotatable bonds is 5. The van der Waals surface area contributed by atoms with Crippen molar-refractivity contribution in [3.05, 3.63) is 59.7 Å². The Morgan fingerprint density at radius 2 is 2.00 bits per heavy atom. The van der Waals surface area contributed by atoms with Gasteiger partial charge in [-0.15, -0.1) is 0 Å². The fourth-order valence-corrected chi connectivity index (χ4v) is 1.83. The highest BCUT2D eigenvalue weighted by molar-refractivity contribution is 5.77. The van der Waals surface area contributed by atoms with E-state index in [1.165, 1.54) is 5.56 Å². The quantitative estimate of drug-likeness (QED) is 0.819. The second-order valence-electron chi connectivity index (χ2n) is 4.59. The number of hydrogen-bond acceptors (Lipinski definition) is 3. The van der Waals surface area contributed by atoms with E-state index in [1.54, 1.807) is 12.1 Å². The van der Waals surface area contributed by atoms with Gasteiger partial charge in [0.15, 0.2) is 6.61 Å². The molecule has 104 valence electrons. The largest absolute Gasteiger partial charge is 0.482 e. The minimum atomic E-state index is -0.172. The maximum atomic E-state index is 11.7. The highest BCUT2D eigenvalue weighted by atomic mass is 16.5. The molecular formula is C16H18N2O2. The summed E-state index contributed by atoms with van der Waals surface area (Å²) in [5.41, 5.74) is 8.50. The van der Waals surface area contributed by atoms with Crippen LogP contribution in [0, 0.1) is 6.92 Å². The van der Waals surface area contributed by atoms with E-state index >= 15 is 0 Å². The highest BCUT2D eigenvalue weighted by Gasteiger charge is 2.04. The maximum absolute atomic E-state index is 11.7. The fourth-order valence-electron chi connectivity index (χ4n) is 1.83. The van der Waals surface area contributed by atoms with Gasteiger partial charge in [-0.05, 0) is 24.6 Å². The first-order valence-electron chi connectivity index (χ1n) is 6.44. The lowest BCUT2D eigenvalue weighted by molar-refractivity contribution is -0.123. The molecule has 0 aliphatic rings. The van der Waals surface area contributed by atoms with E-state index in [1.807, 2.05) is 43.3 Å². The van der Waals surface area contributed by atoms with Gasteiger partial charge in [-0.25, -0.2) is 0 Å². The molecule has 0 aliphatic carbocycles. The Morgan fingerprint density at radius 3 is 2.75 bits per heavy atom. The molecule has 4 heteroatoms. The molecule has 0 saturated carbocycles. The number of amides is 1. The normalized spacial score (nSPS) is 10.1. The Balaban J connectivity index is 1.80. The van der Waals surface area contributed by atoms with Crippen molar-refractivity contribution in [1.82, 2.24) is 5.32 Å². The maximum Gasteiger partial charge on any atom is 0.258 e. The van der Waals surface area contributed by atoms with Gasteiger partial charge in [0.25, 0.3) is 5.91 Å². The Morgan fingerprint density at radius 1 is 1.20 bits per heavy atom. The van der Waals surface area contributed by atoms with E-state index in [0.717, 1.165) is 5.56 Å². The molecule has 2 rings (SSSR count). The van der Waals surface area contributed by atoms with E-state index in [-0.39, 0.29) is 12.5 Å². The van der Waals surface area contributed by atoms with Gasteiger partial charge in [-0.1, -0.05) is 42.0 Å². The number of hydrogen-bond donors (Lipinski definition) is 2. The monoisotopic (exact) mass is 270 g/mol. The topological polar surface area (TPSA) is 64.3 Å². The molecule has 4 nitrogen and oxygen atoms in total. The minimum Gasteiger partial charge on any atom is -0.482 e. The SMILES string of the molecule is Cc1cccc(CNC(=O)COc2ccccc2N)c1. The molecule has 0 aliphatic heterocycles. The predicted octanol–water partition coefficient (Wildman–Crippen LogP) is 2.27. The number of benzene rings is 2. The van der Waals surface area contributed by atoms with Crippen LogP contribution in [0.5, 0.6) is 5.75 Å². The van der Waals surface area contributed by atoms with Crippen molar-refractivity contribution < 1.29 is 9.53 Å². The van der Waals surface area contributed by atoms with Crippen LogP contribution in [0.4, 0.5) is 5.69 Å². The number of para-hydroxylation sites is 2. The van der Waals surface area contributed by atoms with Gasteiger partial charge in [0.1, 0.15) is 5.75 Å². The summed E-state index contributed by atoms with van der Waals surface area (Å²) in [7, 11) is 0. The molecule has 1 amide bonds. The lowest BCUT2D eigenvalue weighted by atomic mass is 10.1. The Bertz CT molecular complexity index is 597. The summed E-state index contributed by atoms with van der Waals surface area (Å²) in [6, 6.07) is 15.1. The molecular weight excluding hydrogens is 252 g/mol. The zero-order valence-corrected chi connectivity index (χ0v) is 11.4. The summed E-state index contributed by atoms with van der Waals surface area (Å²) in [4.78, 5) is 11.7. The van der Waals surface area contributed by atoms with Gasteiger partial charge in [0.05, 0.1) is 5.69 Å². The van der Waals surface area contributed by atoms with Crippen LogP contribution in [0.25, 0.3) is 0 Å². The molecule has 0 aromatic heterocycles. The molecule has 0 heterocycles. The predicted molar refractivity (Wildman–Crippen MR) is 79.4 cm³/mol. The van der Waals surface area contributed by atoms with Crippen LogP contribution in [0.3, 0.4) is 0 Å². The number of carbonyl (C=O) groups is 1. The summed E-state index contributed by atoms with van der Waals surface area (Å²) in [6.45, 7) is 2.47. The first-order chi connectivity index (χ1) is 9.65. The third-order valence-corrected chi connectivity index (χ3v) is 2.85. The zero-order valence-electron chi connectivity index (χ0n) is 11.4. The van der Waals surface area contributed by atoms with E-state index in [9.17, 15) is 4.79 Å². The number of anilines is 1. The van der Waals surface area contributed by atoms with Crippen molar-refractivity contribution in [2.24, 2.45) is 0 Å². The smallest absolute Gasteiger partial charge is 0.258 e. The number of nitrogens with one attached hydrogen (secondary N) is 1. The number of carbonyl (C=O) groups excluding carboxylic acids is 1. The second kappa shape index (κ2) is 6.61. The van der Waals surface area contributed by atoms with Crippen LogP contribution >= 0.6 is 0 Å². The van der Waals surface area contributed by atoms with Crippen LogP contribution in [0.1, 0.15) is 11.1 Å². The fraction of sp³-hybridized carbons (Fsp3) is 0.188. The van der Waals surface area contributed by atoms with Crippen LogP contribution < -0.4 is 15.8 Å². The lowest BCUT2D eigenvalue weighted by Gasteiger charge is -2.09. The number of aryl methyl sites for hydroxylation is 1. The van der Waals surface area contributed by atoms with Crippen molar-refractivity contribution in [1.29, 1.82) is 0 Å². The van der Waals surface area contributed by atoms with Crippen molar-refractivity contribution in [2.75, 3.05) is 12.3 Å². The molecule has 0 radical (unpaired) electrons. The Kier molecular flexibility index (Phi) is 4.60. The standard InChI is InChI=1S/C16H18N2O2/c1-12-5-4-6-13(9-12)10-18-16(19)11-20-15-8-3-2-7-14(15)17/h2-9H,10-11,17H2,1H3,(H,18,19). The molecule has 2 aromatic carbocycles. The zero-order chi connectivity index (χ0) is 14.4. The molecule has 20 heavy (non-hydrogen) atoms. The molecule has 0 saturated heterocycles. The minimum absolute atomic E-state index is 0.0416. The number of nitrogens with two attached hydrogens (primary N) is 1. The lowest BCUT2D eigenvalue weighted by Crippen LogP contribution is -2.28. The van der Waals surface area contributed by atoms with Gasteiger partial charge >= 0.3 is 0 Å². The van der Waals surface area contributed by atoms with E-state index in [4.69, 9.17) is 10.5 Å². The van der Waals surface area contributed by atoms with Crippen LogP contribution in [-0.2, 0) is 11.3 Å². The molecule has 3 N–H and O–H groups in total. The van der Waals surface area contributed by atoms with Crippen molar-refractivity contribution in [3.8, 4) is 5.75 Å². The van der Waals surface area contributed by atoms with Crippen molar-refractivity contribution in [2.45, 2.75) is 13.5 Å². The Labute approximate surface area is 118 Å². The van der Waals surface area contributed by atoms with Gasteiger partial charge in [0.2, 0.25) is 0 Å². The van der Waals surface area contributed by atoms with Gasteiger partial charge in [-0.3, -0.25) is 4.79 Å². The summed E-state index contributed by atoms with van der Waals surface area (Å²) in [6.07, 6.45) is 0. The van der Waals surface area contributed by atoms with E-state index in [0.29, 0.717) is 18.0 Å². The summed E-state index contributed by atoms with van der Waals surface area (Å²) < 4.78 is 5.37. The van der Waals surface area contributed by atoms with Gasteiger partial charge in [0, 0.05) is 6.54 Å².